The Morgan fingerprint density at radius 1 is 1.27 bits per heavy atom. The van der Waals surface area contributed by atoms with Gasteiger partial charge in [0.15, 0.2) is 0 Å². The zero-order chi connectivity index (χ0) is 10.5. The van der Waals surface area contributed by atoms with Gasteiger partial charge in [-0.3, -0.25) is 5.01 Å². The molecule has 1 aliphatic rings. The standard InChI is InChI=1S/C12H17N3/c13-12-8-10-15(14-12)9-4-7-11-5-2-1-3-6-11/h1-3,5-6H,4,7-10H2,(H2,13,14). The van der Waals surface area contributed by atoms with E-state index in [1.165, 1.54) is 5.56 Å². The maximum atomic E-state index is 5.62. The minimum atomic E-state index is 0.773. The Bertz CT molecular complexity index is 332. The highest BCUT2D eigenvalue weighted by atomic mass is 15.5. The van der Waals surface area contributed by atoms with Crippen LogP contribution in [0.15, 0.2) is 35.4 Å². The SMILES string of the molecule is NC1=NN(CCCc2ccccc2)CC1. The third-order valence-electron chi connectivity index (χ3n) is 2.62. The Hall–Kier alpha value is -1.51. The molecule has 2 N–H and O–H groups in total. The van der Waals surface area contributed by atoms with Gasteiger partial charge in [-0.05, 0) is 18.4 Å². The summed E-state index contributed by atoms with van der Waals surface area (Å²) < 4.78 is 0. The summed E-state index contributed by atoms with van der Waals surface area (Å²) in [6, 6.07) is 10.6. The third kappa shape index (κ3) is 2.98. The van der Waals surface area contributed by atoms with Gasteiger partial charge >= 0.3 is 0 Å². The monoisotopic (exact) mass is 203 g/mol. The van der Waals surface area contributed by atoms with Crippen LogP contribution in [0, 0.1) is 0 Å². The number of hydrazone groups is 1. The highest BCUT2D eigenvalue weighted by molar-refractivity contribution is 5.81. The number of nitrogens with zero attached hydrogens (tertiary/aromatic N) is 2. The van der Waals surface area contributed by atoms with Crippen molar-refractivity contribution in [3.05, 3.63) is 35.9 Å². The molecule has 0 atom stereocenters. The van der Waals surface area contributed by atoms with Crippen molar-refractivity contribution in [3.8, 4) is 0 Å². The molecular formula is C12H17N3. The van der Waals surface area contributed by atoms with Gasteiger partial charge in [-0.25, -0.2) is 0 Å². The van der Waals surface area contributed by atoms with Crippen LogP contribution in [0.2, 0.25) is 0 Å². The Morgan fingerprint density at radius 3 is 2.73 bits per heavy atom. The molecule has 0 aromatic heterocycles. The van der Waals surface area contributed by atoms with Crippen molar-refractivity contribution in [3.63, 3.8) is 0 Å². The quantitative estimate of drug-likeness (QED) is 0.807. The van der Waals surface area contributed by atoms with E-state index in [-0.39, 0.29) is 0 Å². The summed E-state index contributed by atoms with van der Waals surface area (Å²) in [5.74, 6) is 0.773. The van der Waals surface area contributed by atoms with Crippen LogP contribution < -0.4 is 5.73 Å². The second kappa shape index (κ2) is 4.82. The Kier molecular flexibility index (Phi) is 3.22. The topological polar surface area (TPSA) is 41.6 Å². The average Bonchev–Trinajstić information content (AvgIpc) is 2.66. The lowest BCUT2D eigenvalue weighted by Gasteiger charge is -2.12. The summed E-state index contributed by atoms with van der Waals surface area (Å²) in [7, 11) is 0. The van der Waals surface area contributed by atoms with Crippen LogP contribution in [0.3, 0.4) is 0 Å². The van der Waals surface area contributed by atoms with Crippen LogP contribution in [-0.2, 0) is 6.42 Å². The molecule has 0 aliphatic carbocycles. The molecule has 0 bridgehead atoms. The number of nitrogens with two attached hydrogens (primary N) is 1. The number of hydrogen-bond acceptors (Lipinski definition) is 3. The van der Waals surface area contributed by atoms with E-state index in [1.807, 2.05) is 0 Å². The lowest BCUT2D eigenvalue weighted by molar-refractivity contribution is 0.313. The zero-order valence-electron chi connectivity index (χ0n) is 8.89. The lowest BCUT2D eigenvalue weighted by atomic mass is 10.1. The van der Waals surface area contributed by atoms with Crippen LogP contribution in [0.1, 0.15) is 18.4 Å². The molecule has 0 saturated heterocycles. The molecule has 3 heteroatoms. The van der Waals surface area contributed by atoms with Crippen molar-refractivity contribution < 1.29 is 0 Å². The van der Waals surface area contributed by atoms with Crippen molar-refractivity contribution in [2.24, 2.45) is 10.8 Å². The Morgan fingerprint density at radius 2 is 2.07 bits per heavy atom. The molecular weight excluding hydrogens is 186 g/mol. The first kappa shape index (κ1) is 10.0. The van der Waals surface area contributed by atoms with Crippen LogP contribution in [-0.4, -0.2) is 23.9 Å². The van der Waals surface area contributed by atoms with Gasteiger partial charge in [0.05, 0.1) is 0 Å². The smallest absolute Gasteiger partial charge is 0.121 e. The number of aryl methyl sites for hydroxylation is 1. The average molecular weight is 203 g/mol. The van der Waals surface area contributed by atoms with Crippen molar-refractivity contribution in [1.82, 2.24) is 5.01 Å². The van der Waals surface area contributed by atoms with E-state index in [0.717, 1.165) is 38.2 Å². The summed E-state index contributed by atoms with van der Waals surface area (Å²) >= 11 is 0. The molecule has 0 amide bonds. The van der Waals surface area contributed by atoms with Gasteiger partial charge < -0.3 is 5.73 Å². The van der Waals surface area contributed by atoms with E-state index >= 15 is 0 Å². The fourth-order valence-electron chi connectivity index (χ4n) is 1.80. The Balaban J connectivity index is 1.72. The first-order valence-electron chi connectivity index (χ1n) is 5.46. The predicted octanol–water partition coefficient (Wildman–Crippen LogP) is 1.60. The molecule has 15 heavy (non-hydrogen) atoms. The van der Waals surface area contributed by atoms with Crippen LogP contribution in [0.25, 0.3) is 0 Å². The van der Waals surface area contributed by atoms with Crippen molar-refractivity contribution in [2.45, 2.75) is 19.3 Å². The van der Waals surface area contributed by atoms with Crippen molar-refractivity contribution in [2.75, 3.05) is 13.1 Å². The number of amidine groups is 1. The third-order valence-corrected chi connectivity index (χ3v) is 2.62. The summed E-state index contributed by atoms with van der Waals surface area (Å²) in [5.41, 5.74) is 7.01. The highest BCUT2D eigenvalue weighted by Gasteiger charge is 2.10. The molecule has 1 heterocycles. The summed E-state index contributed by atoms with van der Waals surface area (Å²) in [4.78, 5) is 0. The summed E-state index contributed by atoms with van der Waals surface area (Å²) in [5, 5.41) is 6.32. The minimum Gasteiger partial charge on any atom is -0.386 e. The number of benzene rings is 1. The molecule has 2 rings (SSSR count). The van der Waals surface area contributed by atoms with E-state index in [0.29, 0.717) is 0 Å². The normalized spacial score (nSPS) is 15.5. The van der Waals surface area contributed by atoms with E-state index in [1.54, 1.807) is 0 Å². The van der Waals surface area contributed by atoms with E-state index in [4.69, 9.17) is 5.73 Å². The second-order valence-electron chi connectivity index (χ2n) is 3.88. The molecule has 1 aromatic rings. The van der Waals surface area contributed by atoms with Gasteiger partial charge in [0.1, 0.15) is 5.84 Å². The van der Waals surface area contributed by atoms with E-state index in [2.05, 4.69) is 40.4 Å². The molecule has 0 radical (unpaired) electrons. The van der Waals surface area contributed by atoms with E-state index in [9.17, 15) is 0 Å². The lowest BCUT2D eigenvalue weighted by Crippen LogP contribution is -2.15. The molecule has 1 aromatic carbocycles. The van der Waals surface area contributed by atoms with Crippen molar-refractivity contribution in [1.29, 1.82) is 0 Å². The highest BCUT2D eigenvalue weighted by Crippen LogP contribution is 2.07. The predicted molar refractivity (Wildman–Crippen MR) is 62.6 cm³/mol. The second-order valence-corrected chi connectivity index (χ2v) is 3.88. The molecule has 1 aliphatic heterocycles. The maximum absolute atomic E-state index is 5.62. The van der Waals surface area contributed by atoms with Crippen LogP contribution in [0.4, 0.5) is 0 Å². The number of hydrogen-bond donors (Lipinski definition) is 1. The summed E-state index contributed by atoms with van der Waals surface area (Å²) in [6.07, 6.45) is 3.18. The van der Waals surface area contributed by atoms with Gasteiger partial charge in [0, 0.05) is 19.5 Å². The molecule has 3 nitrogen and oxygen atoms in total. The molecule has 0 spiro atoms. The fourth-order valence-corrected chi connectivity index (χ4v) is 1.80. The van der Waals surface area contributed by atoms with Gasteiger partial charge in [-0.1, -0.05) is 30.3 Å². The van der Waals surface area contributed by atoms with Gasteiger partial charge in [0.2, 0.25) is 0 Å². The van der Waals surface area contributed by atoms with Crippen LogP contribution in [0.5, 0.6) is 0 Å². The maximum Gasteiger partial charge on any atom is 0.121 e. The molecule has 0 fully saturated rings. The van der Waals surface area contributed by atoms with Gasteiger partial charge in [-0.15, -0.1) is 0 Å². The van der Waals surface area contributed by atoms with Gasteiger partial charge in [-0.2, -0.15) is 5.10 Å². The van der Waals surface area contributed by atoms with E-state index < -0.39 is 0 Å². The summed E-state index contributed by atoms with van der Waals surface area (Å²) in [6.45, 7) is 2.00. The first-order valence-corrected chi connectivity index (χ1v) is 5.46. The fraction of sp³-hybridized carbons (Fsp3) is 0.417. The Labute approximate surface area is 90.6 Å². The number of rotatable bonds is 4. The molecule has 80 valence electrons. The zero-order valence-corrected chi connectivity index (χ0v) is 8.89. The largest absolute Gasteiger partial charge is 0.386 e. The van der Waals surface area contributed by atoms with Crippen LogP contribution >= 0.6 is 0 Å². The van der Waals surface area contributed by atoms with Gasteiger partial charge in [0.25, 0.3) is 0 Å². The minimum absolute atomic E-state index is 0.773. The molecule has 0 saturated carbocycles. The first-order chi connectivity index (χ1) is 7.34. The van der Waals surface area contributed by atoms with Crippen molar-refractivity contribution >= 4 is 5.84 Å². The molecule has 0 unspecified atom stereocenters.